The fourth-order valence-corrected chi connectivity index (χ4v) is 3.40. The molecule has 21 heavy (non-hydrogen) atoms. The fraction of sp³-hybridized carbons (Fsp3) is 0.312. The van der Waals surface area contributed by atoms with Crippen LogP contribution in [0.3, 0.4) is 0 Å². The van der Waals surface area contributed by atoms with Gasteiger partial charge in [0.05, 0.1) is 0 Å². The summed E-state index contributed by atoms with van der Waals surface area (Å²) >= 11 is 1.72. The lowest BCUT2D eigenvalue weighted by Crippen LogP contribution is -2.40. The monoisotopic (exact) mass is 304 g/mol. The van der Waals surface area contributed by atoms with Crippen LogP contribution in [0.5, 0.6) is 0 Å². The van der Waals surface area contributed by atoms with Crippen molar-refractivity contribution in [3.05, 3.63) is 52.5 Å². The van der Waals surface area contributed by atoms with Crippen LogP contribution in [0.1, 0.15) is 24.3 Å². The van der Waals surface area contributed by atoms with Gasteiger partial charge in [0.1, 0.15) is 5.82 Å². The summed E-state index contributed by atoms with van der Waals surface area (Å²) in [5.41, 5.74) is 2.01. The predicted octanol–water partition coefficient (Wildman–Crippen LogP) is 4.30. The Morgan fingerprint density at radius 3 is 2.52 bits per heavy atom. The molecule has 0 saturated carbocycles. The summed E-state index contributed by atoms with van der Waals surface area (Å²) in [6.07, 6.45) is 1.99. The van der Waals surface area contributed by atoms with E-state index < -0.39 is 0 Å². The standard InChI is InChI=1S/C16H17FN2OS/c17-14-1-3-15(4-2-14)18-16(20)19-8-5-12(6-9-19)13-7-10-21-11-13/h1-4,7,10-12H,5-6,8-9H2,(H,18,20). The maximum atomic E-state index is 12.8. The van der Waals surface area contributed by atoms with E-state index in [4.69, 9.17) is 0 Å². The van der Waals surface area contributed by atoms with E-state index >= 15 is 0 Å². The molecule has 1 aliphatic rings. The normalized spacial score (nSPS) is 16.0. The third-order valence-corrected chi connectivity index (χ3v) is 4.59. The number of carbonyl (C=O) groups excluding carboxylic acids is 1. The lowest BCUT2D eigenvalue weighted by molar-refractivity contribution is 0.194. The zero-order chi connectivity index (χ0) is 14.7. The molecule has 0 atom stereocenters. The summed E-state index contributed by atoms with van der Waals surface area (Å²) in [5, 5.41) is 7.10. The van der Waals surface area contributed by atoms with Crippen molar-refractivity contribution in [3.8, 4) is 0 Å². The molecule has 0 aliphatic carbocycles. The van der Waals surface area contributed by atoms with Crippen LogP contribution in [-0.4, -0.2) is 24.0 Å². The number of carbonyl (C=O) groups is 1. The van der Waals surface area contributed by atoms with Gasteiger partial charge in [0.25, 0.3) is 0 Å². The summed E-state index contributed by atoms with van der Waals surface area (Å²) < 4.78 is 12.8. The van der Waals surface area contributed by atoms with Gasteiger partial charge in [-0.1, -0.05) is 0 Å². The molecule has 2 aromatic rings. The van der Waals surface area contributed by atoms with Gasteiger partial charge < -0.3 is 10.2 Å². The van der Waals surface area contributed by atoms with Gasteiger partial charge in [0.15, 0.2) is 0 Å². The minimum atomic E-state index is -0.301. The molecule has 3 rings (SSSR count). The molecular formula is C16H17FN2OS. The van der Waals surface area contributed by atoms with E-state index in [1.165, 1.54) is 17.7 Å². The molecule has 0 spiro atoms. The molecule has 2 heterocycles. The number of rotatable bonds is 2. The van der Waals surface area contributed by atoms with E-state index in [1.54, 1.807) is 23.5 Å². The van der Waals surface area contributed by atoms with E-state index in [-0.39, 0.29) is 11.8 Å². The average molecular weight is 304 g/mol. The number of nitrogens with zero attached hydrogens (tertiary/aromatic N) is 1. The molecule has 5 heteroatoms. The summed E-state index contributed by atoms with van der Waals surface area (Å²) in [7, 11) is 0. The largest absolute Gasteiger partial charge is 0.324 e. The van der Waals surface area contributed by atoms with Crippen LogP contribution in [0.25, 0.3) is 0 Å². The minimum Gasteiger partial charge on any atom is -0.324 e. The summed E-state index contributed by atoms with van der Waals surface area (Å²) in [5.74, 6) is 0.260. The Kier molecular flexibility index (Phi) is 4.20. The topological polar surface area (TPSA) is 32.3 Å². The number of hydrogen-bond donors (Lipinski definition) is 1. The SMILES string of the molecule is O=C(Nc1ccc(F)cc1)N1CCC(c2ccsc2)CC1. The smallest absolute Gasteiger partial charge is 0.321 e. The van der Waals surface area contributed by atoms with E-state index in [9.17, 15) is 9.18 Å². The van der Waals surface area contributed by atoms with Gasteiger partial charge in [-0.2, -0.15) is 11.3 Å². The highest BCUT2D eigenvalue weighted by Crippen LogP contribution is 2.29. The Balaban J connectivity index is 1.54. The third-order valence-electron chi connectivity index (χ3n) is 3.89. The number of likely N-dealkylation sites (tertiary alicyclic amines) is 1. The summed E-state index contributed by atoms with van der Waals surface area (Å²) in [6.45, 7) is 1.51. The van der Waals surface area contributed by atoms with E-state index in [1.807, 2.05) is 4.90 Å². The maximum absolute atomic E-state index is 12.8. The molecule has 3 nitrogen and oxygen atoms in total. The van der Waals surface area contributed by atoms with Crippen LogP contribution in [0.4, 0.5) is 14.9 Å². The van der Waals surface area contributed by atoms with Crippen molar-refractivity contribution in [2.45, 2.75) is 18.8 Å². The molecule has 0 bridgehead atoms. The van der Waals surface area contributed by atoms with Crippen molar-refractivity contribution in [2.75, 3.05) is 18.4 Å². The first-order valence-electron chi connectivity index (χ1n) is 7.06. The second kappa shape index (κ2) is 6.26. The Morgan fingerprint density at radius 1 is 1.19 bits per heavy atom. The molecule has 0 radical (unpaired) electrons. The number of halogens is 1. The van der Waals surface area contributed by atoms with Crippen LogP contribution in [0, 0.1) is 5.82 Å². The molecular weight excluding hydrogens is 287 g/mol. The van der Waals surface area contributed by atoms with E-state index in [2.05, 4.69) is 22.1 Å². The van der Waals surface area contributed by atoms with Gasteiger partial charge in [-0.25, -0.2) is 9.18 Å². The molecule has 1 N–H and O–H groups in total. The highest BCUT2D eigenvalue weighted by molar-refractivity contribution is 7.07. The lowest BCUT2D eigenvalue weighted by Gasteiger charge is -2.31. The van der Waals surface area contributed by atoms with Gasteiger partial charge in [-0.05, 0) is 65.4 Å². The van der Waals surface area contributed by atoms with Gasteiger partial charge in [0.2, 0.25) is 0 Å². The number of piperidine rings is 1. The summed E-state index contributed by atoms with van der Waals surface area (Å²) in [6, 6.07) is 7.90. The number of hydrogen-bond acceptors (Lipinski definition) is 2. The highest BCUT2D eigenvalue weighted by Gasteiger charge is 2.23. The number of nitrogens with one attached hydrogen (secondary N) is 1. The maximum Gasteiger partial charge on any atom is 0.321 e. The first kappa shape index (κ1) is 14.1. The van der Waals surface area contributed by atoms with Gasteiger partial charge in [-0.3, -0.25) is 0 Å². The molecule has 1 aliphatic heterocycles. The van der Waals surface area contributed by atoms with Gasteiger partial charge >= 0.3 is 6.03 Å². The number of amides is 2. The summed E-state index contributed by atoms with van der Waals surface area (Å²) in [4.78, 5) is 14.0. The van der Waals surface area contributed by atoms with Crippen molar-refractivity contribution in [2.24, 2.45) is 0 Å². The minimum absolute atomic E-state index is 0.106. The highest BCUT2D eigenvalue weighted by atomic mass is 32.1. The lowest BCUT2D eigenvalue weighted by atomic mass is 9.91. The van der Waals surface area contributed by atoms with Crippen LogP contribution < -0.4 is 5.32 Å². The average Bonchev–Trinajstić information content (AvgIpc) is 3.04. The second-order valence-corrected chi connectivity index (χ2v) is 6.04. The van der Waals surface area contributed by atoms with E-state index in [0.29, 0.717) is 11.6 Å². The first-order chi connectivity index (χ1) is 10.2. The third kappa shape index (κ3) is 3.42. The van der Waals surface area contributed by atoms with Gasteiger partial charge in [0, 0.05) is 18.8 Å². The number of benzene rings is 1. The quantitative estimate of drug-likeness (QED) is 0.881. The molecule has 0 unspecified atom stereocenters. The Hall–Kier alpha value is -1.88. The molecule has 110 valence electrons. The Morgan fingerprint density at radius 2 is 1.90 bits per heavy atom. The number of thiophene rings is 1. The molecule has 1 fully saturated rings. The van der Waals surface area contributed by atoms with Crippen molar-refractivity contribution in [1.82, 2.24) is 4.90 Å². The van der Waals surface area contributed by atoms with Crippen LogP contribution in [0.2, 0.25) is 0 Å². The van der Waals surface area contributed by atoms with E-state index in [0.717, 1.165) is 25.9 Å². The van der Waals surface area contributed by atoms with Crippen LogP contribution in [-0.2, 0) is 0 Å². The van der Waals surface area contributed by atoms with Crippen molar-refractivity contribution < 1.29 is 9.18 Å². The molecule has 1 saturated heterocycles. The Bertz CT molecular complexity index is 589. The number of anilines is 1. The van der Waals surface area contributed by atoms with Crippen molar-refractivity contribution in [1.29, 1.82) is 0 Å². The fourth-order valence-electron chi connectivity index (χ4n) is 2.66. The predicted molar refractivity (Wildman–Crippen MR) is 83.3 cm³/mol. The van der Waals surface area contributed by atoms with Crippen molar-refractivity contribution in [3.63, 3.8) is 0 Å². The van der Waals surface area contributed by atoms with Gasteiger partial charge in [-0.15, -0.1) is 0 Å². The van der Waals surface area contributed by atoms with Crippen molar-refractivity contribution >= 4 is 23.1 Å². The first-order valence-corrected chi connectivity index (χ1v) is 8.00. The zero-order valence-electron chi connectivity index (χ0n) is 11.6. The number of urea groups is 1. The second-order valence-electron chi connectivity index (χ2n) is 5.26. The Labute approximate surface area is 127 Å². The van der Waals surface area contributed by atoms with Crippen LogP contribution >= 0.6 is 11.3 Å². The molecule has 1 aromatic carbocycles. The molecule has 1 aromatic heterocycles. The van der Waals surface area contributed by atoms with Crippen LogP contribution in [0.15, 0.2) is 41.1 Å². The zero-order valence-corrected chi connectivity index (χ0v) is 12.4. The molecule has 2 amide bonds.